The molecule has 0 aliphatic carbocycles. The van der Waals surface area contributed by atoms with E-state index < -0.39 is 11.0 Å². The molecule has 0 fully saturated rings. The number of methoxy groups -OCH3 is 1. The van der Waals surface area contributed by atoms with E-state index in [9.17, 15) is 4.21 Å². The van der Waals surface area contributed by atoms with Crippen molar-refractivity contribution in [1.82, 2.24) is 9.97 Å². The van der Waals surface area contributed by atoms with Crippen molar-refractivity contribution in [2.45, 2.75) is 31.9 Å². The van der Waals surface area contributed by atoms with Gasteiger partial charge in [-0.3, -0.25) is 0 Å². The molecule has 0 N–H and O–H groups in total. The Balaban J connectivity index is 2.35. The van der Waals surface area contributed by atoms with Gasteiger partial charge in [-0.2, -0.15) is 4.40 Å². The molecule has 2 atom stereocenters. The zero-order valence-electron chi connectivity index (χ0n) is 12.7. The average Bonchev–Trinajstić information content (AvgIpc) is 2.51. The number of benzene rings is 1. The molecule has 0 radical (unpaired) electrons. The summed E-state index contributed by atoms with van der Waals surface area (Å²) in [5.74, 6) is 0.346. The molecule has 1 aromatic carbocycles. The van der Waals surface area contributed by atoms with Gasteiger partial charge in [0.25, 0.3) is 0 Å². The minimum atomic E-state index is -1.29. The highest BCUT2D eigenvalue weighted by Gasteiger charge is 2.11. The minimum Gasteiger partial charge on any atom is -0.479 e. The molecule has 5 nitrogen and oxygen atoms in total. The lowest BCUT2D eigenvalue weighted by Crippen LogP contribution is -2.08. The molecule has 0 bridgehead atoms. The molecule has 2 rings (SSSR count). The van der Waals surface area contributed by atoms with Crippen LogP contribution in [0.2, 0.25) is 5.02 Å². The third kappa shape index (κ3) is 4.01. The van der Waals surface area contributed by atoms with Crippen LogP contribution in [0.4, 0.5) is 0 Å². The highest BCUT2D eigenvalue weighted by Crippen LogP contribution is 2.21. The first kappa shape index (κ1) is 16.8. The molecule has 1 aromatic heterocycles. The van der Waals surface area contributed by atoms with Crippen molar-refractivity contribution < 1.29 is 8.95 Å². The SMILES string of the molecule is CCC[C@H](C)S(=O)N=Cc1nc2cc(Cl)ccc2nc1OC. The second-order valence-corrected chi connectivity index (χ2v) is 6.87. The van der Waals surface area contributed by atoms with Gasteiger partial charge in [-0.05, 0) is 31.5 Å². The van der Waals surface area contributed by atoms with Gasteiger partial charge in [0.1, 0.15) is 16.7 Å². The van der Waals surface area contributed by atoms with Crippen molar-refractivity contribution in [3.63, 3.8) is 0 Å². The molecule has 0 amide bonds. The average molecular weight is 340 g/mol. The van der Waals surface area contributed by atoms with E-state index in [1.165, 1.54) is 13.3 Å². The summed E-state index contributed by atoms with van der Waals surface area (Å²) >= 11 is 5.97. The lowest BCUT2D eigenvalue weighted by atomic mass is 10.3. The van der Waals surface area contributed by atoms with Crippen molar-refractivity contribution in [2.75, 3.05) is 7.11 Å². The largest absolute Gasteiger partial charge is 0.479 e. The molecule has 0 aliphatic rings. The Bertz CT molecular complexity index is 721. The zero-order valence-corrected chi connectivity index (χ0v) is 14.3. The standard InChI is InChI=1S/C15H18ClN3O2S/c1-4-5-10(2)22(20)17-9-14-15(21-3)19-12-7-6-11(16)8-13(12)18-14/h6-10H,4-5H2,1-3H3/t10-,22?/m0/s1. The maximum atomic E-state index is 12.0. The Labute approximate surface area is 137 Å². The Morgan fingerprint density at radius 2 is 2.18 bits per heavy atom. The van der Waals surface area contributed by atoms with Crippen LogP contribution in [0.25, 0.3) is 11.0 Å². The number of aromatic nitrogens is 2. The summed E-state index contributed by atoms with van der Waals surface area (Å²) in [7, 11) is 0.220. The Kier molecular flexibility index (Phi) is 5.85. The molecule has 7 heteroatoms. The quantitative estimate of drug-likeness (QED) is 0.755. The smallest absolute Gasteiger partial charge is 0.241 e. The predicted molar refractivity (Wildman–Crippen MR) is 91.2 cm³/mol. The molecule has 2 aromatic rings. The minimum absolute atomic E-state index is 0.00936. The second kappa shape index (κ2) is 7.65. The third-order valence-corrected chi connectivity index (χ3v) is 4.60. The molecule has 22 heavy (non-hydrogen) atoms. The van der Waals surface area contributed by atoms with Gasteiger partial charge < -0.3 is 4.74 Å². The van der Waals surface area contributed by atoms with Crippen LogP contribution in [0.5, 0.6) is 5.88 Å². The van der Waals surface area contributed by atoms with Crippen LogP contribution in [0, 0.1) is 0 Å². The number of rotatable bonds is 6. The Morgan fingerprint density at radius 3 is 2.86 bits per heavy atom. The maximum Gasteiger partial charge on any atom is 0.241 e. The second-order valence-electron chi connectivity index (χ2n) is 4.86. The van der Waals surface area contributed by atoms with Crippen LogP contribution >= 0.6 is 11.6 Å². The fourth-order valence-electron chi connectivity index (χ4n) is 1.97. The summed E-state index contributed by atoms with van der Waals surface area (Å²) in [6, 6.07) is 5.24. The molecule has 0 aliphatic heterocycles. The Morgan fingerprint density at radius 1 is 1.41 bits per heavy atom. The lowest BCUT2D eigenvalue weighted by Gasteiger charge is -2.07. The van der Waals surface area contributed by atoms with Crippen molar-refractivity contribution in [3.8, 4) is 5.88 Å². The number of ether oxygens (including phenoxy) is 1. The highest BCUT2D eigenvalue weighted by atomic mass is 35.5. The van der Waals surface area contributed by atoms with Gasteiger partial charge in [-0.1, -0.05) is 24.9 Å². The zero-order chi connectivity index (χ0) is 16.1. The molecule has 1 unspecified atom stereocenters. The molecule has 1 heterocycles. The fourth-order valence-corrected chi connectivity index (χ4v) is 2.99. The van der Waals surface area contributed by atoms with E-state index in [1.807, 2.05) is 6.92 Å². The highest BCUT2D eigenvalue weighted by molar-refractivity contribution is 7.84. The van der Waals surface area contributed by atoms with Gasteiger partial charge in [0, 0.05) is 5.02 Å². The molecular weight excluding hydrogens is 322 g/mol. The maximum absolute atomic E-state index is 12.0. The fraction of sp³-hybridized carbons (Fsp3) is 0.400. The first-order valence-corrected chi connectivity index (χ1v) is 8.56. The van der Waals surface area contributed by atoms with E-state index in [0.29, 0.717) is 27.6 Å². The summed E-state index contributed by atoms with van der Waals surface area (Å²) in [4.78, 5) is 8.79. The molecule has 0 saturated heterocycles. The van der Waals surface area contributed by atoms with Gasteiger partial charge in [0.15, 0.2) is 0 Å². The molecule has 0 spiro atoms. The third-order valence-electron chi connectivity index (χ3n) is 3.13. The van der Waals surface area contributed by atoms with Gasteiger partial charge >= 0.3 is 0 Å². The molecule has 118 valence electrons. The van der Waals surface area contributed by atoms with Crippen LogP contribution < -0.4 is 4.74 Å². The summed E-state index contributed by atoms with van der Waals surface area (Å²) in [6.45, 7) is 3.97. The van der Waals surface area contributed by atoms with Crippen molar-refractivity contribution in [2.24, 2.45) is 4.40 Å². The van der Waals surface area contributed by atoms with Gasteiger partial charge in [-0.15, -0.1) is 0 Å². The van der Waals surface area contributed by atoms with Crippen LogP contribution in [0.15, 0.2) is 22.6 Å². The first-order valence-electron chi connectivity index (χ1n) is 7.01. The number of halogens is 1. The summed E-state index contributed by atoms with van der Waals surface area (Å²) in [6.07, 6.45) is 3.29. The van der Waals surface area contributed by atoms with Crippen LogP contribution in [-0.4, -0.2) is 32.8 Å². The van der Waals surface area contributed by atoms with Crippen LogP contribution in [0.1, 0.15) is 32.4 Å². The van der Waals surface area contributed by atoms with Crippen molar-refractivity contribution in [1.29, 1.82) is 0 Å². The van der Waals surface area contributed by atoms with E-state index in [1.54, 1.807) is 18.2 Å². The van der Waals surface area contributed by atoms with Gasteiger partial charge in [-0.25, -0.2) is 14.2 Å². The van der Waals surface area contributed by atoms with Gasteiger partial charge in [0.05, 0.1) is 29.6 Å². The van der Waals surface area contributed by atoms with E-state index in [2.05, 4.69) is 21.3 Å². The summed E-state index contributed by atoms with van der Waals surface area (Å²) < 4.78 is 21.3. The van der Waals surface area contributed by atoms with E-state index in [0.717, 1.165) is 12.8 Å². The summed E-state index contributed by atoms with van der Waals surface area (Å²) in [5, 5.41) is 0.588. The van der Waals surface area contributed by atoms with Crippen molar-refractivity contribution in [3.05, 3.63) is 28.9 Å². The number of hydrogen-bond donors (Lipinski definition) is 0. The van der Waals surface area contributed by atoms with Crippen LogP contribution in [-0.2, 0) is 11.0 Å². The van der Waals surface area contributed by atoms with Gasteiger partial charge in [0.2, 0.25) is 5.88 Å². The monoisotopic (exact) mass is 339 g/mol. The first-order chi connectivity index (χ1) is 10.5. The van der Waals surface area contributed by atoms with Crippen molar-refractivity contribution >= 4 is 39.8 Å². The van der Waals surface area contributed by atoms with E-state index in [4.69, 9.17) is 16.3 Å². The number of nitrogens with zero attached hydrogens (tertiary/aromatic N) is 3. The Hall–Kier alpha value is -1.53. The predicted octanol–water partition coefficient (Wildman–Crippen LogP) is 3.56. The van der Waals surface area contributed by atoms with Crippen LogP contribution in [0.3, 0.4) is 0 Å². The summed E-state index contributed by atoms with van der Waals surface area (Å²) in [5.41, 5.74) is 1.76. The normalized spacial score (nSPS) is 14.4. The number of fused-ring (bicyclic) bond motifs is 1. The lowest BCUT2D eigenvalue weighted by molar-refractivity contribution is 0.397. The van der Waals surface area contributed by atoms with E-state index in [-0.39, 0.29) is 5.25 Å². The molecule has 0 saturated carbocycles. The molecular formula is C15H18ClN3O2S. The van der Waals surface area contributed by atoms with E-state index >= 15 is 0 Å². The number of hydrogen-bond acceptors (Lipinski definition) is 4. The topological polar surface area (TPSA) is 64.4 Å².